The van der Waals surface area contributed by atoms with E-state index in [-0.39, 0.29) is 23.6 Å². The SMILES string of the molecule is O=C(Nc1ccc(C(=O)N2CCc3[nH]c(CCCCN4C(=O)c5ccccc5C4=O)nc3-c3ccccc32)cc1)c1ccccc1-c1ccccc1. The maximum atomic E-state index is 14.0. The van der Waals surface area contributed by atoms with Crippen LogP contribution in [0.4, 0.5) is 11.4 Å². The zero-order valence-electron chi connectivity index (χ0n) is 28.3. The number of carbonyl (C=O) groups excluding carboxylic acids is 4. The van der Waals surface area contributed by atoms with Gasteiger partial charge in [0.2, 0.25) is 0 Å². The molecule has 3 heterocycles. The molecule has 0 atom stereocenters. The van der Waals surface area contributed by atoms with Gasteiger partial charge in [0.1, 0.15) is 5.82 Å². The highest BCUT2D eigenvalue weighted by Crippen LogP contribution is 2.36. The summed E-state index contributed by atoms with van der Waals surface area (Å²) in [5.74, 6) is 0.00820. The topological polar surface area (TPSA) is 115 Å². The molecule has 0 aliphatic carbocycles. The van der Waals surface area contributed by atoms with Gasteiger partial charge < -0.3 is 15.2 Å². The number of aryl methyl sites for hydroxylation is 1. The average molecular weight is 686 g/mol. The van der Waals surface area contributed by atoms with Crippen LogP contribution in [0.5, 0.6) is 0 Å². The van der Waals surface area contributed by atoms with Gasteiger partial charge in [0, 0.05) is 54.0 Å². The van der Waals surface area contributed by atoms with Crippen molar-refractivity contribution in [2.75, 3.05) is 23.3 Å². The van der Waals surface area contributed by atoms with Crippen LogP contribution in [0.15, 0.2) is 127 Å². The first kappa shape index (κ1) is 32.6. The van der Waals surface area contributed by atoms with E-state index in [4.69, 9.17) is 4.98 Å². The Balaban J connectivity index is 0.925. The highest BCUT2D eigenvalue weighted by atomic mass is 16.2. The molecule has 2 aliphatic heterocycles. The normalized spacial score (nSPS) is 13.3. The van der Waals surface area contributed by atoms with Gasteiger partial charge in [-0.2, -0.15) is 0 Å². The lowest BCUT2D eigenvalue weighted by molar-refractivity contribution is 0.0651. The summed E-state index contributed by atoms with van der Waals surface area (Å²) in [7, 11) is 0. The van der Waals surface area contributed by atoms with Crippen LogP contribution in [0.1, 0.15) is 65.8 Å². The van der Waals surface area contributed by atoms with Gasteiger partial charge in [-0.05, 0) is 72.5 Å². The zero-order valence-corrected chi connectivity index (χ0v) is 28.3. The van der Waals surface area contributed by atoms with Crippen LogP contribution in [-0.4, -0.2) is 51.6 Å². The molecule has 0 fully saturated rings. The number of imidazole rings is 1. The molecule has 9 heteroatoms. The fourth-order valence-electron chi connectivity index (χ4n) is 7.06. The fraction of sp³-hybridized carbons (Fsp3) is 0.140. The largest absolute Gasteiger partial charge is 0.345 e. The number of fused-ring (bicyclic) bond motifs is 4. The van der Waals surface area contributed by atoms with E-state index in [1.807, 2.05) is 72.8 Å². The molecule has 0 unspecified atom stereocenters. The van der Waals surface area contributed by atoms with Gasteiger partial charge in [-0.15, -0.1) is 0 Å². The Morgan fingerprint density at radius 2 is 1.33 bits per heavy atom. The number of nitrogens with zero attached hydrogens (tertiary/aromatic N) is 3. The molecule has 0 spiro atoms. The van der Waals surface area contributed by atoms with Crippen LogP contribution < -0.4 is 10.2 Å². The lowest BCUT2D eigenvalue weighted by Crippen LogP contribution is -2.32. The molecule has 2 aliphatic rings. The number of nitrogens with one attached hydrogen (secondary N) is 2. The van der Waals surface area contributed by atoms with E-state index in [0.29, 0.717) is 60.3 Å². The number of hydrogen-bond acceptors (Lipinski definition) is 5. The number of imide groups is 1. The van der Waals surface area contributed by atoms with Crippen LogP contribution in [0.2, 0.25) is 0 Å². The summed E-state index contributed by atoms with van der Waals surface area (Å²) in [6, 6.07) is 39.0. The Bertz CT molecular complexity index is 2300. The number of rotatable bonds is 9. The number of aromatic nitrogens is 2. The van der Waals surface area contributed by atoms with Crippen LogP contribution >= 0.6 is 0 Å². The molecule has 2 N–H and O–H groups in total. The van der Waals surface area contributed by atoms with Crippen molar-refractivity contribution in [2.24, 2.45) is 0 Å². The number of H-pyrrole nitrogens is 1. The van der Waals surface area contributed by atoms with Gasteiger partial charge in [0.25, 0.3) is 23.6 Å². The Kier molecular flexibility index (Phi) is 8.74. The molecule has 0 bridgehead atoms. The minimum Gasteiger partial charge on any atom is -0.345 e. The maximum Gasteiger partial charge on any atom is 0.261 e. The molecule has 4 amide bonds. The predicted octanol–water partition coefficient (Wildman–Crippen LogP) is 7.82. The number of para-hydroxylation sites is 1. The van der Waals surface area contributed by atoms with Gasteiger partial charge in [-0.3, -0.25) is 24.1 Å². The third kappa shape index (κ3) is 6.17. The number of unbranched alkanes of at least 4 members (excludes halogenated alkanes) is 1. The van der Waals surface area contributed by atoms with Gasteiger partial charge in [0.15, 0.2) is 0 Å². The van der Waals surface area contributed by atoms with E-state index in [1.165, 1.54) is 4.90 Å². The van der Waals surface area contributed by atoms with Crippen molar-refractivity contribution in [1.29, 1.82) is 0 Å². The first-order chi connectivity index (χ1) is 25.5. The third-order valence-electron chi connectivity index (χ3n) is 9.68. The van der Waals surface area contributed by atoms with Crippen molar-refractivity contribution in [3.05, 3.63) is 161 Å². The van der Waals surface area contributed by atoms with Crippen molar-refractivity contribution < 1.29 is 19.2 Å². The van der Waals surface area contributed by atoms with Crippen molar-refractivity contribution in [1.82, 2.24) is 14.9 Å². The van der Waals surface area contributed by atoms with Crippen LogP contribution in [0.25, 0.3) is 22.4 Å². The maximum absolute atomic E-state index is 14.0. The molecule has 5 aromatic carbocycles. The van der Waals surface area contributed by atoms with E-state index < -0.39 is 0 Å². The molecule has 0 saturated heterocycles. The summed E-state index contributed by atoms with van der Waals surface area (Å²) in [5.41, 5.74) is 7.86. The van der Waals surface area contributed by atoms with E-state index in [9.17, 15) is 19.2 Å². The van der Waals surface area contributed by atoms with E-state index in [0.717, 1.165) is 46.0 Å². The minimum atomic E-state index is -0.232. The first-order valence-electron chi connectivity index (χ1n) is 17.5. The summed E-state index contributed by atoms with van der Waals surface area (Å²) >= 11 is 0. The number of hydrogen-bond donors (Lipinski definition) is 2. The second kappa shape index (κ2) is 14.0. The lowest BCUT2D eigenvalue weighted by Gasteiger charge is -2.23. The summed E-state index contributed by atoms with van der Waals surface area (Å²) in [5, 5.41) is 2.98. The van der Waals surface area contributed by atoms with Crippen molar-refractivity contribution in [2.45, 2.75) is 25.7 Å². The van der Waals surface area contributed by atoms with Crippen LogP contribution in [-0.2, 0) is 12.8 Å². The molecule has 0 saturated carbocycles. The average Bonchev–Trinajstić information content (AvgIpc) is 3.65. The summed E-state index contributed by atoms with van der Waals surface area (Å²) in [6.07, 6.45) is 2.68. The molecule has 8 rings (SSSR count). The van der Waals surface area contributed by atoms with Crippen LogP contribution in [0.3, 0.4) is 0 Å². The minimum absolute atomic E-state index is 0.140. The molecular formula is C43H35N5O4. The highest BCUT2D eigenvalue weighted by molar-refractivity contribution is 6.21. The molecular weight excluding hydrogens is 651 g/mol. The predicted molar refractivity (Wildman–Crippen MR) is 200 cm³/mol. The number of anilines is 2. The number of amides is 4. The van der Waals surface area contributed by atoms with Crippen LogP contribution in [0, 0.1) is 0 Å². The molecule has 0 radical (unpaired) electrons. The smallest absolute Gasteiger partial charge is 0.261 e. The summed E-state index contributed by atoms with van der Waals surface area (Å²) < 4.78 is 0. The van der Waals surface area contributed by atoms with Gasteiger partial charge in [-0.25, -0.2) is 4.98 Å². The second-order valence-corrected chi connectivity index (χ2v) is 12.9. The zero-order chi connectivity index (χ0) is 35.6. The highest BCUT2D eigenvalue weighted by Gasteiger charge is 2.34. The summed E-state index contributed by atoms with van der Waals surface area (Å²) in [4.78, 5) is 64.3. The molecule has 6 aromatic rings. The van der Waals surface area contributed by atoms with E-state index in [1.54, 1.807) is 59.5 Å². The van der Waals surface area contributed by atoms with Crippen molar-refractivity contribution >= 4 is 35.0 Å². The van der Waals surface area contributed by atoms with Crippen molar-refractivity contribution in [3.63, 3.8) is 0 Å². The standard InChI is InChI=1S/C43H35N5O4/c49-40(32-15-5-4-14-31(32)28-12-2-1-3-13-28)44-30-23-21-29(22-24-30)41(50)47-27-25-36-39(35-18-8-9-19-37(35)47)46-38(45-36)20-10-11-26-48-42(51)33-16-6-7-17-34(33)43(48)52/h1-9,12-19,21-24H,10-11,20,25-27H2,(H,44,49)(H,45,46). The summed E-state index contributed by atoms with van der Waals surface area (Å²) in [6.45, 7) is 0.821. The first-order valence-corrected chi connectivity index (χ1v) is 17.5. The Hall–Kier alpha value is -6.61. The fourth-order valence-corrected chi connectivity index (χ4v) is 7.06. The number of carbonyl (C=O) groups is 4. The van der Waals surface area contributed by atoms with E-state index >= 15 is 0 Å². The van der Waals surface area contributed by atoms with E-state index in [2.05, 4.69) is 10.3 Å². The van der Waals surface area contributed by atoms with Gasteiger partial charge >= 0.3 is 0 Å². The second-order valence-electron chi connectivity index (χ2n) is 12.9. The molecule has 9 nitrogen and oxygen atoms in total. The third-order valence-corrected chi connectivity index (χ3v) is 9.68. The Morgan fingerprint density at radius 1 is 0.692 bits per heavy atom. The Morgan fingerprint density at radius 3 is 2.06 bits per heavy atom. The molecule has 52 heavy (non-hydrogen) atoms. The van der Waals surface area contributed by atoms with Gasteiger partial charge in [0.05, 0.1) is 22.5 Å². The monoisotopic (exact) mass is 685 g/mol. The number of benzene rings is 5. The lowest BCUT2D eigenvalue weighted by atomic mass is 9.99. The van der Waals surface area contributed by atoms with Gasteiger partial charge in [-0.1, -0.05) is 78.9 Å². The quantitative estimate of drug-likeness (QED) is 0.119. The Labute approximate surface area is 300 Å². The van der Waals surface area contributed by atoms with Crippen molar-refractivity contribution in [3.8, 4) is 22.4 Å². The number of aromatic amines is 1. The molecule has 1 aromatic heterocycles. The molecule has 256 valence electrons.